The molecule has 4 rings (SSSR count). The third kappa shape index (κ3) is 5.11. The van der Waals surface area contributed by atoms with E-state index in [-0.39, 0.29) is 11.3 Å². The van der Waals surface area contributed by atoms with Crippen molar-refractivity contribution < 1.29 is 40.1 Å². The predicted molar refractivity (Wildman–Crippen MR) is 119 cm³/mol. The zero-order chi connectivity index (χ0) is 26.9. The Labute approximate surface area is 203 Å². The zero-order valence-electron chi connectivity index (χ0n) is 19.4. The first-order chi connectivity index (χ1) is 16.9. The molecule has 16 nitrogen and oxygen atoms in total. The van der Waals surface area contributed by atoms with Gasteiger partial charge in [-0.25, -0.2) is 9.59 Å². The zero-order valence-corrected chi connectivity index (χ0v) is 19.4. The molecule has 0 radical (unpaired) electrons. The number of anilines is 1. The highest BCUT2D eigenvalue weighted by molar-refractivity contribution is 5.35. The average Bonchev–Trinajstić information content (AvgIpc) is 3.30. The molecule has 200 valence electrons. The molecule has 0 saturated carbocycles. The molecule has 36 heavy (non-hydrogen) atoms. The Bertz CT molecular complexity index is 1240. The quantitative estimate of drug-likeness (QED) is 0.191. The lowest BCUT2D eigenvalue weighted by atomic mass is 10.1. The van der Waals surface area contributed by atoms with Gasteiger partial charge in [0.1, 0.15) is 47.9 Å². The molecular formula is C20H30N6O10. The molecule has 2 fully saturated rings. The van der Waals surface area contributed by atoms with Crippen LogP contribution in [0.1, 0.15) is 18.0 Å². The predicted octanol–water partition coefficient (Wildman–Crippen LogP) is -4.98. The number of nitrogens with one attached hydrogen (secondary N) is 1. The largest absolute Gasteiger partial charge is 0.394 e. The molecule has 2 aliphatic heterocycles. The molecule has 9 N–H and O–H groups in total. The Morgan fingerprint density at radius 1 is 0.972 bits per heavy atom. The van der Waals surface area contributed by atoms with Crippen molar-refractivity contribution in [3.05, 3.63) is 50.5 Å². The second-order valence-corrected chi connectivity index (χ2v) is 8.41. The number of rotatable bonds is 4. The Morgan fingerprint density at radius 3 is 1.94 bits per heavy atom. The molecule has 2 aromatic heterocycles. The summed E-state index contributed by atoms with van der Waals surface area (Å²) in [4.78, 5) is 27.1. The normalized spacial score (nSPS) is 31.8. The van der Waals surface area contributed by atoms with E-state index in [4.69, 9.17) is 30.8 Å². The Kier molecular flexibility index (Phi) is 8.42. The van der Waals surface area contributed by atoms with Crippen LogP contribution in [0.4, 0.5) is 5.82 Å². The van der Waals surface area contributed by atoms with Crippen LogP contribution in [0.2, 0.25) is 0 Å². The van der Waals surface area contributed by atoms with E-state index in [1.54, 1.807) is 6.92 Å². The van der Waals surface area contributed by atoms with E-state index >= 15 is 0 Å². The van der Waals surface area contributed by atoms with E-state index in [1.165, 1.54) is 25.5 Å². The summed E-state index contributed by atoms with van der Waals surface area (Å²) in [5, 5.41) is 64.2. The summed E-state index contributed by atoms with van der Waals surface area (Å²) in [6.07, 6.45) is -6.46. The van der Waals surface area contributed by atoms with Crippen LogP contribution < -0.4 is 22.6 Å². The van der Waals surface area contributed by atoms with Crippen molar-refractivity contribution in [2.45, 2.75) is 56.0 Å². The first-order valence-electron chi connectivity index (χ1n) is 10.9. The van der Waals surface area contributed by atoms with Gasteiger partial charge < -0.3 is 45.8 Å². The van der Waals surface area contributed by atoms with Crippen LogP contribution in [-0.4, -0.2) is 99.2 Å². The summed E-state index contributed by atoms with van der Waals surface area (Å²) in [6.45, 7) is 0.747. The molecular weight excluding hydrogens is 484 g/mol. The fraction of sp³-hybridized carbons (Fsp3) is 0.600. The molecule has 0 spiro atoms. The van der Waals surface area contributed by atoms with E-state index < -0.39 is 73.7 Å². The van der Waals surface area contributed by atoms with Gasteiger partial charge in [0, 0.05) is 25.0 Å². The van der Waals surface area contributed by atoms with E-state index in [2.05, 4.69) is 4.98 Å². The summed E-state index contributed by atoms with van der Waals surface area (Å²) >= 11 is 0. The van der Waals surface area contributed by atoms with Crippen LogP contribution >= 0.6 is 0 Å². The van der Waals surface area contributed by atoms with Gasteiger partial charge in [0.15, 0.2) is 12.5 Å². The van der Waals surface area contributed by atoms with Crippen molar-refractivity contribution in [1.29, 1.82) is 5.41 Å². The third-order valence-electron chi connectivity index (χ3n) is 6.02. The van der Waals surface area contributed by atoms with Crippen molar-refractivity contribution in [2.75, 3.05) is 18.9 Å². The van der Waals surface area contributed by atoms with Gasteiger partial charge in [0.05, 0.1) is 13.2 Å². The highest BCUT2D eigenvalue weighted by atomic mass is 16.6. The maximum Gasteiger partial charge on any atom is 0.351 e. The molecule has 0 aromatic carbocycles. The van der Waals surface area contributed by atoms with Crippen molar-refractivity contribution in [1.82, 2.24) is 18.7 Å². The van der Waals surface area contributed by atoms with E-state index in [1.807, 2.05) is 0 Å². The van der Waals surface area contributed by atoms with Gasteiger partial charge in [0.25, 0.3) is 0 Å². The molecule has 0 aliphatic carbocycles. The number of nitrogen functional groups attached to an aromatic ring is 1. The molecule has 2 aromatic rings. The fourth-order valence-corrected chi connectivity index (χ4v) is 3.78. The van der Waals surface area contributed by atoms with Gasteiger partial charge >= 0.3 is 11.4 Å². The number of aryl methyl sites for hydroxylation is 1. The van der Waals surface area contributed by atoms with Crippen molar-refractivity contribution in [3.8, 4) is 0 Å². The summed E-state index contributed by atoms with van der Waals surface area (Å²) in [5.74, 6) is 0.1000. The van der Waals surface area contributed by atoms with Gasteiger partial charge in [-0.1, -0.05) is 0 Å². The minimum Gasteiger partial charge on any atom is -0.394 e. The topological polar surface area (TPSA) is 252 Å². The summed E-state index contributed by atoms with van der Waals surface area (Å²) in [5.41, 5.74) is 4.82. The van der Waals surface area contributed by atoms with Gasteiger partial charge in [-0.2, -0.15) is 4.98 Å². The van der Waals surface area contributed by atoms with Gasteiger partial charge in [-0.15, -0.1) is 0 Å². The van der Waals surface area contributed by atoms with Crippen LogP contribution in [0.25, 0.3) is 0 Å². The van der Waals surface area contributed by atoms with Crippen LogP contribution in [0.15, 0.2) is 28.0 Å². The number of ether oxygens (including phenoxy) is 2. The molecule has 8 atom stereocenters. The van der Waals surface area contributed by atoms with Gasteiger partial charge in [-0.05, 0) is 13.0 Å². The van der Waals surface area contributed by atoms with Crippen LogP contribution in [0.5, 0.6) is 0 Å². The first kappa shape index (κ1) is 27.6. The first-order valence-corrected chi connectivity index (χ1v) is 10.9. The number of nitrogens with zero attached hydrogens (tertiary/aromatic N) is 4. The maximum absolute atomic E-state index is 11.9. The minimum absolute atomic E-state index is 0.0167. The monoisotopic (exact) mass is 514 g/mol. The molecule has 2 aliphatic rings. The highest BCUT2D eigenvalue weighted by Gasteiger charge is 2.44. The molecule has 0 amide bonds. The molecule has 2 saturated heterocycles. The third-order valence-corrected chi connectivity index (χ3v) is 6.02. The van der Waals surface area contributed by atoms with Crippen LogP contribution in [0, 0.1) is 12.3 Å². The Balaban J connectivity index is 0.000000201. The van der Waals surface area contributed by atoms with Crippen molar-refractivity contribution >= 4 is 5.82 Å². The molecule has 0 bridgehead atoms. The smallest absolute Gasteiger partial charge is 0.351 e. The number of aliphatic hydroxyl groups excluding tert-OH is 6. The fourth-order valence-electron chi connectivity index (χ4n) is 3.78. The lowest BCUT2D eigenvalue weighted by Gasteiger charge is -2.18. The Hall–Kier alpha value is -2.96. The number of hydrogen-bond acceptors (Lipinski definition) is 13. The van der Waals surface area contributed by atoms with Crippen molar-refractivity contribution in [3.63, 3.8) is 0 Å². The van der Waals surface area contributed by atoms with Crippen LogP contribution in [0.3, 0.4) is 0 Å². The molecule has 16 heteroatoms. The number of nitrogens with two attached hydrogens (primary N) is 1. The molecule has 4 heterocycles. The highest BCUT2D eigenvalue weighted by Crippen LogP contribution is 2.29. The summed E-state index contributed by atoms with van der Waals surface area (Å²) in [7, 11) is 1.42. The van der Waals surface area contributed by atoms with Gasteiger partial charge in [0.2, 0.25) is 0 Å². The van der Waals surface area contributed by atoms with Crippen LogP contribution in [-0.2, 0) is 16.5 Å². The summed E-state index contributed by atoms with van der Waals surface area (Å²) < 4.78 is 13.7. The minimum atomic E-state index is -1.32. The number of hydrogen-bond donors (Lipinski definition) is 8. The SMILES string of the molecule is Cc1cn([C@@H]2O[C@H](CO)[C@@H](O)[C@H]2O)c(=O)nc1N.Cn1c(=N)ccn([C@@H]2O[C@H](CO)[C@@H](O)[C@H]2O)c1=O. The lowest BCUT2D eigenvalue weighted by molar-refractivity contribution is -0.0555. The maximum atomic E-state index is 11.9. The molecule has 0 unspecified atom stereocenters. The number of aliphatic hydroxyl groups is 6. The van der Waals surface area contributed by atoms with E-state index in [0.717, 1.165) is 13.7 Å². The van der Waals surface area contributed by atoms with Gasteiger partial charge in [-0.3, -0.25) is 19.1 Å². The second kappa shape index (κ2) is 11.0. The van der Waals surface area contributed by atoms with Crippen molar-refractivity contribution in [2.24, 2.45) is 7.05 Å². The van der Waals surface area contributed by atoms with E-state index in [9.17, 15) is 30.0 Å². The van der Waals surface area contributed by atoms with E-state index in [0.29, 0.717) is 5.56 Å². The second-order valence-electron chi connectivity index (χ2n) is 8.41. The summed E-state index contributed by atoms with van der Waals surface area (Å²) in [6, 6.07) is 1.37. The Morgan fingerprint density at radius 2 is 1.47 bits per heavy atom. The standard InChI is InChI=1S/2C10H15N3O5/c1-4-2-13(10(17)12-8(4)11)9-7(16)6(15)5(3-14)18-9;1-12-6(11)2-3-13(10(12)17)9-8(16)7(15)5(4-14)18-9/h2,5-7,9,14-16H,3H2,1H3,(H2,11,12,17);2-3,5,7-9,11,14-16H,4H2,1H3/t5-,6-,7-,9-;5-,7-,8-,9-/m11/s1. The number of aromatic nitrogens is 4. The lowest BCUT2D eigenvalue weighted by Crippen LogP contribution is -2.41. The average molecular weight is 514 g/mol.